The minimum absolute atomic E-state index is 0.248. The summed E-state index contributed by atoms with van der Waals surface area (Å²) in [5, 5.41) is 0.524. The molecular weight excluding hydrogens is 324 g/mol. The number of benzene rings is 2. The highest BCUT2D eigenvalue weighted by atomic mass is 35.5. The monoisotopic (exact) mass is 346 g/mol. The van der Waals surface area contributed by atoms with Gasteiger partial charge in [0, 0.05) is 6.42 Å². The van der Waals surface area contributed by atoms with Crippen LogP contribution in [0.3, 0.4) is 0 Å². The number of esters is 1. The second-order valence-electron chi connectivity index (χ2n) is 5.73. The van der Waals surface area contributed by atoms with Crippen molar-refractivity contribution < 1.29 is 14.3 Å². The van der Waals surface area contributed by atoms with Gasteiger partial charge >= 0.3 is 5.97 Å². The molecule has 0 unspecified atom stereocenters. The van der Waals surface area contributed by atoms with Gasteiger partial charge in [0.2, 0.25) is 0 Å². The number of rotatable bonds is 6. The van der Waals surface area contributed by atoms with Crippen LogP contribution in [0, 0.1) is 13.8 Å². The van der Waals surface area contributed by atoms with Crippen LogP contribution in [-0.2, 0) is 17.8 Å². The second kappa shape index (κ2) is 8.20. The van der Waals surface area contributed by atoms with E-state index in [1.54, 1.807) is 25.1 Å². The molecule has 0 heterocycles. The SMILES string of the molecule is CCC(=O)Oc1cccc(Cl)c1COc1cc(C)c(CC)cc1C. The molecule has 0 aliphatic heterocycles. The molecule has 0 N–H and O–H groups in total. The van der Waals surface area contributed by atoms with E-state index in [1.807, 2.05) is 13.0 Å². The first-order valence-corrected chi connectivity index (χ1v) is 8.55. The molecule has 128 valence electrons. The van der Waals surface area contributed by atoms with E-state index >= 15 is 0 Å². The smallest absolute Gasteiger partial charge is 0.310 e. The van der Waals surface area contributed by atoms with Crippen molar-refractivity contribution in [2.75, 3.05) is 0 Å². The highest BCUT2D eigenvalue weighted by Gasteiger charge is 2.13. The predicted octanol–water partition coefficient (Wildman–Crippen LogP) is 5.41. The third kappa shape index (κ3) is 4.30. The predicted molar refractivity (Wildman–Crippen MR) is 97.0 cm³/mol. The topological polar surface area (TPSA) is 35.5 Å². The standard InChI is InChI=1S/C20H23ClO3/c1-5-15-10-14(4)19(11-13(15)3)23-12-16-17(21)8-7-9-18(16)24-20(22)6-2/h7-11H,5-6,12H2,1-4H3. The van der Waals surface area contributed by atoms with Gasteiger partial charge in [0.25, 0.3) is 0 Å². The fraction of sp³-hybridized carbons (Fsp3) is 0.350. The summed E-state index contributed by atoms with van der Waals surface area (Å²) in [6.45, 7) is 8.25. The summed E-state index contributed by atoms with van der Waals surface area (Å²) in [6, 6.07) is 9.45. The Balaban J connectivity index is 2.23. The summed E-state index contributed by atoms with van der Waals surface area (Å²) in [5.74, 6) is 0.976. The Morgan fingerprint density at radius 3 is 2.50 bits per heavy atom. The van der Waals surface area contributed by atoms with Crippen molar-refractivity contribution in [1.29, 1.82) is 0 Å². The molecule has 4 heteroatoms. The van der Waals surface area contributed by atoms with E-state index in [1.165, 1.54) is 11.1 Å². The van der Waals surface area contributed by atoms with Gasteiger partial charge in [-0.3, -0.25) is 4.79 Å². The number of hydrogen-bond acceptors (Lipinski definition) is 3. The second-order valence-corrected chi connectivity index (χ2v) is 6.14. The van der Waals surface area contributed by atoms with Crippen molar-refractivity contribution in [1.82, 2.24) is 0 Å². The minimum Gasteiger partial charge on any atom is -0.488 e. The molecule has 0 saturated heterocycles. The van der Waals surface area contributed by atoms with Gasteiger partial charge in [-0.15, -0.1) is 0 Å². The maximum Gasteiger partial charge on any atom is 0.310 e. The van der Waals surface area contributed by atoms with Crippen LogP contribution in [0.4, 0.5) is 0 Å². The Morgan fingerprint density at radius 2 is 1.83 bits per heavy atom. The summed E-state index contributed by atoms with van der Waals surface area (Å²) in [6.07, 6.45) is 1.30. The molecule has 24 heavy (non-hydrogen) atoms. The van der Waals surface area contributed by atoms with Gasteiger partial charge < -0.3 is 9.47 Å². The molecule has 0 aliphatic rings. The zero-order valence-corrected chi connectivity index (χ0v) is 15.4. The van der Waals surface area contributed by atoms with Gasteiger partial charge in [0.15, 0.2) is 0 Å². The van der Waals surface area contributed by atoms with Crippen molar-refractivity contribution in [2.24, 2.45) is 0 Å². The first-order valence-electron chi connectivity index (χ1n) is 8.17. The van der Waals surface area contributed by atoms with E-state index in [-0.39, 0.29) is 12.6 Å². The summed E-state index contributed by atoms with van der Waals surface area (Å²) in [7, 11) is 0. The van der Waals surface area contributed by atoms with Gasteiger partial charge in [-0.2, -0.15) is 0 Å². The average Bonchev–Trinajstić information content (AvgIpc) is 2.56. The van der Waals surface area contributed by atoms with E-state index in [0.29, 0.717) is 22.8 Å². The van der Waals surface area contributed by atoms with E-state index in [9.17, 15) is 4.79 Å². The minimum atomic E-state index is -0.294. The Bertz CT molecular complexity index is 738. The van der Waals surface area contributed by atoms with Crippen LogP contribution in [0.25, 0.3) is 0 Å². The fourth-order valence-electron chi connectivity index (χ4n) is 2.51. The molecule has 0 aliphatic carbocycles. The number of ether oxygens (including phenoxy) is 2. The summed E-state index contributed by atoms with van der Waals surface area (Å²) < 4.78 is 11.3. The molecular formula is C20H23ClO3. The quantitative estimate of drug-likeness (QED) is 0.518. The van der Waals surface area contributed by atoms with Crippen molar-refractivity contribution in [3.8, 4) is 11.5 Å². The van der Waals surface area contributed by atoms with Gasteiger partial charge in [0.05, 0.1) is 10.6 Å². The number of carbonyl (C=O) groups is 1. The highest BCUT2D eigenvalue weighted by Crippen LogP contribution is 2.30. The molecule has 0 bridgehead atoms. The Hall–Kier alpha value is -2.00. The lowest BCUT2D eigenvalue weighted by atomic mass is 10.0. The average molecular weight is 347 g/mol. The molecule has 0 radical (unpaired) electrons. The first-order chi connectivity index (χ1) is 11.5. The number of hydrogen-bond donors (Lipinski definition) is 0. The maximum absolute atomic E-state index is 11.6. The lowest BCUT2D eigenvalue weighted by Gasteiger charge is -2.15. The number of aryl methyl sites for hydroxylation is 3. The Kier molecular flexibility index (Phi) is 6.27. The molecule has 2 aromatic rings. The Morgan fingerprint density at radius 1 is 1.08 bits per heavy atom. The van der Waals surface area contributed by atoms with Gasteiger partial charge in [-0.1, -0.05) is 37.6 Å². The van der Waals surface area contributed by atoms with E-state index in [4.69, 9.17) is 21.1 Å². The van der Waals surface area contributed by atoms with Crippen LogP contribution >= 0.6 is 11.6 Å². The molecule has 0 spiro atoms. The summed E-state index contributed by atoms with van der Waals surface area (Å²) in [5.41, 5.74) is 4.28. The van der Waals surface area contributed by atoms with E-state index in [0.717, 1.165) is 17.7 Å². The van der Waals surface area contributed by atoms with Crippen LogP contribution in [0.1, 0.15) is 42.5 Å². The molecule has 2 rings (SSSR count). The van der Waals surface area contributed by atoms with Gasteiger partial charge in [0.1, 0.15) is 18.1 Å². The normalized spacial score (nSPS) is 10.5. The molecule has 0 amide bonds. The number of carbonyl (C=O) groups excluding carboxylic acids is 1. The number of halogens is 1. The van der Waals surface area contributed by atoms with E-state index < -0.39 is 0 Å². The fourth-order valence-corrected chi connectivity index (χ4v) is 2.73. The lowest BCUT2D eigenvalue weighted by molar-refractivity contribution is -0.134. The van der Waals surface area contributed by atoms with Crippen LogP contribution in [0.2, 0.25) is 5.02 Å². The van der Waals surface area contributed by atoms with Crippen LogP contribution in [0.5, 0.6) is 11.5 Å². The molecule has 3 nitrogen and oxygen atoms in total. The summed E-state index contributed by atoms with van der Waals surface area (Å²) in [4.78, 5) is 11.6. The van der Waals surface area contributed by atoms with Crippen LogP contribution < -0.4 is 9.47 Å². The molecule has 0 fully saturated rings. The largest absolute Gasteiger partial charge is 0.488 e. The van der Waals surface area contributed by atoms with Crippen molar-refractivity contribution >= 4 is 17.6 Å². The molecule has 0 saturated carbocycles. The highest BCUT2D eigenvalue weighted by molar-refractivity contribution is 6.31. The summed E-state index contributed by atoms with van der Waals surface area (Å²) >= 11 is 6.27. The molecule has 0 aromatic heterocycles. The van der Waals surface area contributed by atoms with Crippen LogP contribution in [-0.4, -0.2) is 5.97 Å². The third-order valence-electron chi connectivity index (χ3n) is 3.97. The van der Waals surface area contributed by atoms with Gasteiger partial charge in [-0.25, -0.2) is 0 Å². The zero-order valence-electron chi connectivity index (χ0n) is 14.6. The van der Waals surface area contributed by atoms with Gasteiger partial charge in [-0.05, 0) is 55.2 Å². The van der Waals surface area contributed by atoms with Crippen molar-refractivity contribution in [2.45, 2.75) is 47.1 Å². The van der Waals surface area contributed by atoms with Crippen molar-refractivity contribution in [3.63, 3.8) is 0 Å². The first kappa shape index (κ1) is 18.3. The molecule has 2 aromatic carbocycles. The third-order valence-corrected chi connectivity index (χ3v) is 4.33. The Labute approximate surface area is 148 Å². The maximum atomic E-state index is 11.6. The lowest BCUT2D eigenvalue weighted by Crippen LogP contribution is -2.09. The molecule has 0 atom stereocenters. The van der Waals surface area contributed by atoms with Crippen LogP contribution in [0.15, 0.2) is 30.3 Å². The van der Waals surface area contributed by atoms with Crippen molar-refractivity contribution in [3.05, 3.63) is 57.6 Å². The zero-order chi connectivity index (χ0) is 17.7. The van der Waals surface area contributed by atoms with E-state index in [2.05, 4.69) is 19.9 Å².